The molecule has 0 aliphatic heterocycles. The molecule has 0 amide bonds. The van der Waals surface area contributed by atoms with E-state index in [2.05, 4.69) is 221 Å². The second-order valence-electron chi connectivity index (χ2n) is 16.8. The fourth-order valence-electron chi connectivity index (χ4n) is 10.1. The lowest BCUT2D eigenvalue weighted by atomic mass is 10.0. The van der Waals surface area contributed by atoms with Gasteiger partial charge in [0.15, 0.2) is 5.58 Å². The van der Waals surface area contributed by atoms with E-state index in [0.717, 1.165) is 116 Å². The van der Waals surface area contributed by atoms with E-state index in [0.29, 0.717) is 11.1 Å². The Kier molecular flexibility index (Phi) is 8.24. The fraction of sp³-hybridized carbons (Fsp3) is 0. The van der Waals surface area contributed by atoms with Crippen molar-refractivity contribution in [1.82, 2.24) is 9.13 Å². The number of fused-ring (bicyclic) bond motifs is 9. The molecular formula is C61H37N3O. The van der Waals surface area contributed by atoms with Gasteiger partial charge in [-0.15, -0.1) is 0 Å². The van der Waals surface area contributed by atoms with E-state index >= 15 is 0 Å². The number of nitriles is 1. The zero-order valence-corrected chi connectivity index (χ0v) is 35.1. The topological polar surface area (TPSA) is 46.8 Å². The molecular weight excluding hydrogens is 791 g/mol. The molecule has 0 radical (unpaired) electrons. The van der Waals surface area contributed by atoms with Crippen molar-refractivity contribution in [3.05, 3.63) is 230 Å². The number of furan rings is 1. The summed E-state index contributed by atoms with van der Waals surface area (Å²) in [6.07, 6.45) is 0. The van der Waals surface area contributed by atoms with E-state index in [4.69, 9.17) is 4.42 Å². The molecule has 3 heterocycles. The summed E-state index contributed by atoms with van der Waals surface area (Å²) in [7, 11) is 0. The maximum absolute atomic E-state index is 11.1. The summed E-state index contributed by atoms with van der Waals surface area (Å²) >= 11 is 0. The highest BCUT2D eigenvalue weighted by Crippen LogP contribution is 2.47. The van der Waals surface area contributed by atoms with E-state index in [1.54, 1.807) is 0 Å². The zero-order chi connectivity index (χ0) is 43.0. The third-order valence-electron chi connectivity index (χ3n) is 13.1. The van der Waals surface area contributed by atoms with Gasteiger partial charge < -0.3 is 13.6 Å². The molecule has 0 unspecified atom stereocenters. The number of hydrogen-bond acceptors (Lipinski definition) is 2. The lowest BCUT2D eigenvalue weighted by molar-refractivity contribution is 0.667. The van der Waals surface area contributed by atoms with Crippen LogP contribution in [0.2, 0.25) is 0 Å². The predicted octanol–water partition coefficient (Wildman–Crippen LogP) is 16.3. The van der Waals surface area contributed by atoms with Crippen molar-refractivity contribution >= 4 is 65.6 Å². The van der Waals surface area contributed by atoms with Crippen molar-refractivity contribution in [3.63, 3.8) is 0 Å². The largest absolute Gasteiger partial charge is 0.455 e. The van der Waals surface area contributed by atoms with E-state index in [-0.39, 0.29) is 0 Å². The molecule has 10 aromatic carbocycles. The van der Waals surface area contributed by atoms with Crippen LogP contribution >= 0.6 is 0 Å². The maximum Gasteiger partial charge on any atom is 0.155 e. The van der Waals surface area contributed by atoms with Crippen LogP contribution in [0.1, 0.15) is 5.56 Å². The number of rotatable bonds is 6. The number of hydrogen-bond donors (Lipinski definition) is 0. The summed E-state index contributed by atoms with van der Waals surface area (Å²) < 4.78 is 11.5. The van der Waals surface area contributed by atoms with Crippen molar-refractivity contribution in [1.29, 1.82) is 5.26 Å². The summed E-state index contributed by atoms with van der Waals surface area (Å²) in [6.45, 7) is 0. The first-order valence-electron chi connectivity index (χ1n) is 22.0. The molecule has 0 saturated carbocycles. The molecule has 0 saturated heterocycles. The van der Waals surface area contributed by atoms with Crippen molar-refractivity contribution in [3.8, 4) is 62.0 Å². The van der Waals surface area contributed by atoms with Gasteiger partial charge in [-0.3, -0.25) is 0 Å². The minimum absolute atomic E-state index is 0.477. The summed E-state index contributed by atoms with van der Waals surface area (Å²) in [5.74, 6) is 0. The minimum atomic E-state index is 0.477. The van der Waals surface area contributed by atoms with Crippen LogP contribution in [-0.2, 0) is 0 Å². The SMILES string of the molecule is N#Cc1cc(-n2c3ccc(-c4ccccc4)cc3c3cc(-c4ccccc4)ccc32)c(-n2c3ccc(-c4ccccc4)cc3c3cc(-c4ccccc4)ccc32)c2c1oc1ccccc12. The average Bonchev–Trinajstić information content (AvgIpc) is 4.04. The monoisotopic (exact) mass is 827 g/mol. The van der Waals surface area contributed by atoms with Gasteiger partial charge in [-0.2, -0.15) is 5.26 Å². The molecule has 3 aromatic heterocycles. The lowest BCUT2D eigenvalue weighted by Crippen LogP contribution is -2.05. The second kappa shape index (κ2) is 14.6. The van der Waals surface area contributed by atoms with Gasteiger partial charge in [-0.05, 0) is 105 Å². The molecule has 0 spiro atoms. The van der Waals surface area contributed by atoms with Crippen LogP contribution in [0.3, 0.4) is 0 Å². The second-order valence-corrected chi connectivity index (χ2v) is 16.8. The van der Waals surface area contributed by atoms with Crippen molar-refractivity contribution in [2.75, 3.05) is 0 Å². The van der Waals surface area contributed by atoms with E-state index in [9.17, 15) is 5.26 Å². The van der Waals surface area contributed by atoms with Crippen molar-refractivity contribution in [2.45, 2.75) is 0 Å². The van der Waals surface area contributed by atoms with Gasteiger partial charge in [0.2, 0.25) is 0 Å². The number of nitrogens with zero attached hydrogens (tertiary/aromatic N) is 3. The zero-order valence-electron chi connectivity index (χ0n) is 35.1. The van der Waals surface area contributed by atoms with Gasteiger partial charge in [0, 0.05) is 26.9 Å². The smallest absolute Gasteiger partial charge is 0.155 e. The van der Waals surface area contributed by atoms with Gasteiger partial charge in [0.25, 0.3) is 0 Å². The van der Waals surface area contributed by atoms with Gasteiger partial charge in [0.05, 0.1) is 44.4 Å². The average molecular weight is 828 g/mol. The van der Waals surface area contributed by atoms with E-state index < -0.39 is 0 Å². The summed E-state index contributed by atoms with van der Waals surface area (Å²) in [5, 5.41) is 17.4. The molecule has 13 aromatic rings. The van der Waals surface area contributed by atoms with E-state index in [1.165, 1.54) is 0 Å². The van der Waals surface area contributed by atoms with Gasteiger partial charge in [-0.25, -0.2) is 0 Å². The molecule has 0 aliphatic rings. The first-order chi connectivity index (χ1) is 32.2. The summed E-state index contributed by atoms with van der Waals surface area (Å²) in [4.78, 5) is 0. The van der Waals surface area contributed by atoms with Gasteiger partial charge >= 0.3 is 0 Å². The van der Waals surface area contributed by atoms with Crippen LogP contribution in [0.15, 0.2) is 229 Å². The molecule has 4 heteroatoms. The normalized spacial score (nSPS) is 11.7. The fourth-order valence-corrected chi connectivity index (χ4v) is 10.1. The Labute approximate surface area is 374 Å². The maximum atomic E-state index is 11.1. The van der Waals surface area contributed by atoms with Crippen LogP contribution in [0.25, 0.3) is 121 Å². The van der Waals surface area contributed by atoms with Crippen LogP contribution in [0.5, 0.6) is 0 Å². The van der Waals surface area contributed by atoms with Crippen LogP contribution in [-0.4, -0.2) is 9.13 Å². The molecule has 65 heavy (non-hydrogen) atoms. The first kappa shape index (κ1) is 36.7. The highest BCUT2D eigenvalue weighted by atomic mass is 16.3. The Bertz CT molecular complexity index is 3850. The van der Waals surface area contributed by atoms with Crippen molar-refractivity contribution < 1.29 is 4.42 Å². The van der Waals surface area contributed by atoms with Gasteiger partial charge in [-0.1, -0.05) is 164 Å². The standard InChI is InChI=1S/C61H37N3O/c62-38-47-37-57(63-53-29-25-43(39-15-5-1-6-16-39)33-49(53)50-34-44(26-30-54(50)63)40-17-7-2-8-18-40)60(59-48-23-13-14-24-58(48)65-61(47)59)64-55-31-27-45(41-19-9-3-10-20-41)35-51(55)52-36-46(28-32-56(52)64)42-21-11-4-12-22-42/h1-37H. The molecule has 302 valence electrons. The molecule has 0 bridgehead atoms. The Morgan fingerprint density at radius 2 is 0.708 bits per heavy atom. The van der Waals surface area contributed by atoms with Crippen LogP contribution in [0, 0.1) is 11.3 Å². The molecule has 0 fully saturated rings. The molecule has 13 rings (SSSR count). The minimum Gasteiger partial charge on any atom is -0.455 e. The van der Waals surface area contributed by atoms with Crippen LogP contribution in [0.4, 0.5) is 0 Å². The van der Waals surface area contributed by atoms with Crippen molar-refractivity contribution in [2.24, 2.45) is 0 Å². The number of para-hydroxylation sites is 1. The summed E-state index contributed by atoms with van der Waals surface area (Å²) in [5.41, 5.74) is 17.0. The predicted molar refractivity (Wildman–Crippen MR) is 269 cm³/mol. The van der Waals surface area contributed by atoms with Crippen LogP contribution < -0.4 is 0 Å². The lowest BCUT2D eigenvalue weighted by Gasteiger charge is -2.19. The third kappa shape index (κ3) is 5.77. The summed E-state index contributed by atoms with van der Waals surface area (Å²) in [6, 6.07) is 82.4. The highest BCUT2D eigenvalue weighted by Gasteiger charge is 2.27. The quantitative estimate of drug-likeness (QED) is 0.168. The molecule has 0 N–H and O–H groups in total. The number of benzene rings is 10. The Hall–Kier alpha value is -8.91. The molecule has 4 nitrogen and oxygen atoms in total. The van der Waals surface area contributed by atoms with Gasteiger partial charge in [0.1, 0.15) is 11.7 Å². The first-order valence-corrected chi connectivity index (χ1v) is 22.0. The Morgan fingerprint density at radius 1 is 0.338 bits per heavy atom. The van der Waals surface area contributed by atoms with E-state index in [1.807, 2.05) is 18.2 Å². The molecule has 0 aliphatic carbocycles. The third-order valence-corrected chi connectivity index (χ3v) is 13.1. The Balaban J connectivity index is 1.20. The highest BCUT2D eigenvalue weighted by molar-refractivity contribution is 6.19. The number of aromatic nitrogens is 2. The Morgan fingerprint density at radius 3 is 1.11 bits per heavy atom. The molecule has 0 atom stereocenters.